The van der Waals surface area contributed by atoms with Gasteiger partial charge in [-0.25, -0.2) is 0 Å². The summed E-state index contributed by atoms with van der Waals surface area (Å²) < 4.78 is 19.6. The van der Waals surface area contributed by atoms with Crippen LogP contribution in [0.2, 0.25) is 0 Å². The molecule has 0 bridgehead atoms. The van der Waals surface area contributed by atoms with Gasteiger partial charge in [0.15, 0.2) is 11.6 Å². The van der Waals surface area contributed by atoms with Crippen LogP contribution in [-0.4, -0.2) is 69.9 Å². The molecule has 0 fully saturated rings. The fourth-order valence-corrected chi connectivity index (χ4v) is 2.63. The Kier molecular flexibility index (Phi) is 13.0. The van der Waals surface area contributed by atoms with E-state index < -0.39 is 0 Å². The Bertz CT molecular complexity index is 1260. The Labute approximate surface area is 245 Å². The average molecular weight is 612 g/mol. The molecule has 0 saturated carbocycles. The fraction of sp³-hybridized carbons (Fsp3) is 0.167. The van der Waals surface area contributed by atoms with Gasteiger partial charge in [-0.1, -0.05) is 36.5 Å². The summed E-state index contributed by atoms with van der Waals surface area (Å²) in [5.41, 5.74) is 13.8. The fourth-order valence-electron chi connectivity index (χ4n) is 2.63. The number of hydrogen-bond donors (Lipinski definition) is 2. The number of hydrogen-bond acceptors (Lipinski definition) is 14. The topological polar surface area (TPSA) is 201 Å². The van der Waals surface area contributed by atoms with E-state index in [-0.39, 0.29) is 64.6 Å². The Morgan fingerprint density at radius 3 is 1.17 bits per heavy atom. The average Bonchev–Trinajstić information content (AvgIpc) is 2.99. The summed E-state index contributed by atoms with van der Waals surface area (Å²) in [6.45, 7) is 0. The second-order valence-electron chi connectivity index (χ2n) is 7.08. The number of carbonyl (C=O) groups is 2. The number of rotatable bonds is 10. The molecule has 2 N–H and O–H groups in total. The molecule has 0 spiro atoms. The molecule has 2 heterocycles. The van der Waals surface area contributed by atoms with Crippen LogP contribution in [0.25, 0.3) is 10.9 Å². The Morgan fingerprint density at radius 1 is 0.561 bits per heavy atom. The van der Waals surface area contributed by atoms with E-state index in [0.717, 1.165) is 0 Å². The summed E-state index contributed by atoms with van der Waals surface area (Å²) in [6, 6.07) is 0.384. The number of ketones is 2. The van der Waals surface area contributed by atoms with Gasteiger partial charge in [-0.05, 0) is 12.2 Å². The van der Waals surface area contributed by atoms with Crippen molar-refractivity contribution in [3.05, 3.63) is 83.0 Å². The van der Waals surface area contributed by atoms with Crippen molar-refractivity contribution in [3.63, 3.8) is 0 Å². The number of allylic oxidation sites excluding steroid dienone is 10. The maximum Gasteiger partial charge on any atom is 2.00 e. The van der Waals surface area contributed by atoms with E-state index in [1.165, 1.54) is 53.0 Å². The van der Waals surface area contributed by atoms with Crippen molar-refractivity contribution in [2.75, 3.05) is 39.3 Å². The number of methoxy groups -OCH3 is 4. The second-order valence-corrected chi connectivity index (χ2v) is 7.08. The van der Waals surface area contributed by atoms with Crippen LogP contribution in [0.1, 0.15) is 0 Å². The van der Waals surface area contributed by atoms with Crippen molar-refractivity contribution in [2.45, 2.75) is 0 Å². The normalized spacial score (nSPS) is 14.9. The Morgan fingerprint density at radius 2 is 0.878 bits per heavy atom. The smallest absolute Gasteiger partial charge is 0.601 e. The molecule has 0 amide bonds. The van der Waals surface area contributed by atoms with Gasteiger partial charge in [-0.15, -0.1) is 9.97 Å². The van der Waals surface area contributed by atoms with E-state index in [0.29, 0.717) is 11.1 Å². The summed E-state index contributed by atoms with van der Waals surface area (Å²) >= 11 is 0. The maximum absolute atomic E-state index is 11.5. The van der Waals surface area contributed by atoms with Gasteiger partial charge in [0.1, 0.15) is 0 Å². The number of ether oxygens (including phenoxy) is 4. The van der Waals surface area contributed by atoms with E-state index in [4.69, 9.17) is 18.9 Å². The molecule has 0 aromatic carbocycles. The molecule has 0 aliphatic heterocycles. The van der Waals surface area contributed by atoms with Gasteiger partial charge in [-0.3, -0.25) is 9.59 Å². The minimum atomic E-state index is -0.121. The molecule has 0 unspecified atom stereocenters. The van der Waals surface area contributed by atoms with Crippen LogP contribution in [-0.2, 0) is 26.7 Å². The largest absolute Gasteiger partial charge is 2.00 e. The number of carbonyl (C=O) groups excluding carboxylic acids is 2. The van der Waals surface area contributed by atoms with Crippen LogP contribution in [0.15, 0.2) is 72.2 Å². The van der Waals surface area contributed by atoms with Gasteiger partial charge in [0.25, 0.3) is 0 Å². The second kappa shape index (κ2) is 16.6. The van der Waals surface area contributed by atoms with E-state index in [1.54, 1.807) is 36.5 Å². The van der Waals surface area contributed by atoms with Crippen LogP contribution >= 0.6 is 0 Å². The molecular weight excluding hydrogens is 588 g/mol. The number of nitrogens with one attached hydrogen (secondary N) is 2. The van der Waals surface area contributed by atoms with E-state index >= 15 is 0 Å². The predicted octanol–water partition coefficient (Wildman–Crippen LogP) is 2.33. The van der Waals surface area contributed by atoms with E-state index in [2.05, 4.69) is 51.6 Å². The van der Waals surface area contributed by atoms with Crippen molar-refractivity contribution in [3.8, 4) is 24.0 Å². The minimum absolute atomic E-state index is 0. The molecule has 4 rings (SSSR count). The number of anilines is 2. The molecule has 2 aromatic heterocycles. The van der Waals surface area contributed by atoms with Crippen molar-refractivity contribution in [1.82, 2.24) is 29.9 Å². The monoisotopic (exact) mass is 611 g/mol. The van der Waals surface area contributed by atoms with Crippen LogP contribution in [0.5, 0.6) is 24.0 Å². The summed E-state index contributed by atoms with van der Waals surface area (Å²) in [6.07, 6.45) is 15.8. The van der Waals surface area contributed by atoms with Gasteiger partial charge in [0.2, 0.25) is 11.9 Å². The van der Waals surface area contributed by atoms with Gasteiger partial charge >= 0.3 is 41.1 Å². The third kappa shape index (κ3) is 10.1. The van der Waals surface area contributed by atoms with Crippen molar-refractivity contribution >= 4 is 23.5 Å². The number of aromatic nitrogens is 6. The third-order valence-corrected chi connectivity index (χ3v) is 4.49. The Balaban J connectivity index is 0.000000280. The summed E-state index contributed by atoms with van der Waals surface area (Å²) in [5, 5.41) is 0. The zero-order valence-electron chi connectivity index (χ0n) is 22.1. The van der Waals surface area contributed by atoms with Gasteiger partial charge in [0, 0.05) is 11.1 Å². The molecule has 1 radical (unpaired) electrons. The minimum Gasteiger partial charge on any atom is -0.601 e. The van der Waals surface area contributed by atoms with E-state index in [9.17, 15) is 9.59 Å². The molecule has 0 saturated heterocycles. The quantitative estimate of drug-likeness (QED) is 0.225. The zero-order valence-corrected chi connectivity index (χ0v) is 23.0. The van der Waals surface area contributed by atoms with Crippen LogP contribution < -0.4 is 29.8 Å². The van der Waals surface area contributed by atoms with Crippen LogP contribution in [0, 0.1) is 0 Å². The van der Waals surface area contributed by atoms with Crippen molar-refractivity contribution in [1.29, 1.82) is 0 Å². The molecule has 17 heteroatoms. The molecule has 217 valence electrons. The van der Waals surface area contributed by atoms with Crippen LogP contribution in [0.4, 0.5) is 11.9 Å². The summed E-state index contributed by atoms with van der Waals surface area (Å²) in [5.74, 6) is 0.0503. The molecule has 0 atom stereocenters. The third-order valence-electron chi connectivity index (χ3n) is 4.49. The van der Waals surface area contributed by atoms with Gasteiger partial charge < -0.3 is 40.7 Å². The zero-order chi connectivity index (χ0) is 28.7. The molecule has 41 heavy (non-hydrogen) atoms. The van der Waals surface area contributed by atoms with Crippen molar-refractivity contribution < 1.29 is 45.6 Å². The SMILES string of the molecule is COc1nc(N[N-]/C=C2/C=CC=CC2=O)nc(OC)n1.COc1nc(N[N-]/C=C2/C=CC=CC2=O)nc(OC)n1.[Cu+2]. The maximum atomic E-state index is 11.5. The summed E-state index contributed by atoms with van der Waals surface area (Å²) in [7, 11) is 5.70. The first kappa shape index (κ1) is 31.9. The molecular formula is C24H24CuN10O6. The van der Waals surface area contributed by atoms with Crippen molar-refractivity contribution in [2.24, 2.45) is 0 Å². The first-order valence-corrected chi connectivity index (χ1v) is 11.2. The first-order valence-electron chi connectivity index (χ1n) is 11.2. The summed E-state index contributed by atoms with van der Waals surface area (Å²) in [4.78, 5) is 46.3. The molecule has 16 nitrogen and oxygen atoms in total. The molecule has 2 aliphatic rings. The predicted molar refractivity (Wildman–Crippen MR) is 143 cm³/mol. The Hall–Kier alpha value is -5.28. The molecule has 2 aliphatic carbocycles. The molecule has 2 aromatic rings. The standard InChI is InChI=1S/2C12H13N5O3.Cu/c2*1-19-11-14-10(15-12(16-11)20-2)17-13-7-8-5-3-4-6-9(8)18;/h2*3-7H,1-2H3,(H2,13,14,15,16,17,18);/q;;+2/p-2. The van der Waals surface area contributed by atoms with Gasteiger partial charge in [-0.2, -0.15) is 32.3 Å². The van der Waals surface area contributed by atoms with Crippen LogP contribution in [0.3, 0.4) is 0 Å². The van der Waals surface area contributed by atoms with E-state index in [1.807, 2.05) is 0 Å². The first-order chi connectivity index (χ1) is 19.4. The number of nitrogens with zero attached hydrogens (tertiary/aromatic N) is 8. The van der Waals surface area contributed by atoms with Gasteiger partial charge in [0.05, 0.1) is 28.4 Å².